The lowest BCUT2D eigenvalue weighted by Gasteiger charge is -2.09. The van der Waals surface area contributed by atoms with E-state index in [4.69, 9.17) is 25.5 Å². The van der Waals surface area contributed by atoms with E-state index in [-0.39, 0.29) is 11.7 Å². The average molecular weight is 358 g/mol. The Morgan fingerprint density at radius 1 is 0.920 bits per heavy atom. The predicted octanol–water partition coefficient (Wildman–Crippen LogP) is 4.64. The summed E-state index contributed by atoms with van der Waals surface area (Å²) < 4.78 is 16.2. The molecule has 1 aromatic heterocycles. The number of anilines is 1. The standard InChI is InChI=1S/C19H16ClNO4/c20-14-3-7-16(8-4-14)23-12-13-24-17-9-5-15(6-10-17)21-19(22)18-2-1-11-25-18/h1-11H,12-13H2,(H,21,22). The first-order chi connectivity index (χ1) is 12.2. The molecule has 0 aliphatic rings. The maximum Gasteiger partial charge on any atom is 0.291 e. The lowest BCUT2D eigenvalue weighted by molar-refractivity contribution is 0.0996. The topological polar surface area (TPSA) is 60.7 Å². The molecule has 0 aliphatic carbocycles. The molecule has 6 heteroatoms. The van der Waals surface area contributed by atoms with E-state index in [1.807, 2.05) is 0 Å². The number of halogens is 1. The van der Waals surface area contributed by atoms with Gasteiger partial charge in [0.15, 0.2) is 5.76 Å². The number of hydrogen-bond donors (Lipinski definition) is 1. The Bertz CT molecular complexity index is 798. The van der Waals surface area contributed by atoms with Gasteiger partial charge in [0, 0.05) is 10.7 Å². The molecule has 3 aromatic rings. The van der Waals surface area contributed by atoms with E-state index >= 15 is 0 Å². The first kappa shape index (κ1) is 16.9. The second-order valence-electron chi connectivity index (χ2n) is 5.11. The third kappa shape index (κ3) is 5.02. The molecule has 0 aliphatic heterocycles. The highest BCUT2D eigenvalue weighted by Crippen LogP contribution is 2.18. The van der Waals surface area contributed by atoms with Gasteiger partial charge >= 0.3 is 0 Å². The molecule has 0 atom stereocenters. The van der Waals surface area contributed by atoms with Crippen molar-refractivity contribution in [3.05, 3.63) is 77.7 Å². The van der Waals surface area contributed by atoms with Crippen LogP contribution in [-0.2, 0) is 0 Å². The van der Waals surface area contributed by atoms with Crippen LogP contribution < -0.4 is 14.8 Å². The monoisotopic (exact) mass is 357 g/mol. The fourth-order valence-corrected chi connectivity index (χ4v) is 2.21. The van der Waals surface area contributed by atoms with Crippen molar-refractivity contribution < 1.29 is 18.7 Å². The number of rotatable bonds is 7. The Morgan fingerprint density at radius 2 is 1.52 bits per heavy atom. The molecule has 0 radical (unpaired) electrons. The number of hydrogen-bond acceptors (Lipinski definition) is 4. The van der Waals surface area contributed by atoms with E-state index in [2.05, 4.69) is 5.32 Å². The Labute approximate surface area is 150 Å². The second-order valence-corrected chi connectivity index (χ2v) is 5.54. The van der Waals surface area contributed by atoms with E-state index in [9.17, 15) is 4.79 Å². The van der Waals surface area contributed by atoms with Crippen molar-refractivity contribution in [2.45, 2.75) is 0 Å². The number of amides is 1. The minimum atomic E-state index is -0.296. The van der Waals surface area contributed by atoms with E-state index in [1.165, 1.54) is 6.26 Å². The van der Waals surface area contributed by atoms with Crippen LogP contribution in [0.4, 0.5) is 5.69 Å². The summed E-state index contributed by atoms with van der Waals surface area (Å²) in [5, 5.41) is 3.41. The van der Waals surface area contributed by atoms with E-state index in [1.54, 1.807) is 60.7 Å². The molecule has 1 amide bonds. The highest BCUT2D eigenvalue weighted by atomic mass is 35.5. The van der Waals surface area contributed by atoms with Crippen LogP contribution in [0.25, 0.3) is 0 Å². The molecule has 5 nitrogen and oxygen atoms in total. The average Bonchev–Trinajstić information content (AvgIpc) is 3.16. The minimum absolute atomic E-state index is 0.264. The van der Waals surface area contributed by atoms with Gasteiger partial charge in [-0.3, -0.25) is 4.79 Å². The van der Waals surface area contributed by atoms with Crippen LogP contribution in [-0.4, -0.2) is 19.1 Å². The highest BCUT2D eigenvalue weighted by Gasteiger charge is 2.08. The van der Waals surface area contributed by atoms with Crippen molar-refractivity contribution in [2.75, 3.05) is 18.5 Å². The van der Waals surface area contributed by atoms with Gasteiger partial charge in [-0.05, 0) is 60.7 Å². The zero-order valence-corrected chi connectivity index (χ0v) is 14.0. The summed E-state index contributed by atoms with van der Waals surface area (Å²) in [4.78, 5) is 11.9. The number of benzene rings is 2. The molecule has 0 bridgehead atoms. The fourth-order valence-electron chi connectivity index (χ4n) is 2.08. The first-order valence-electron chi connectivity index (χ1n) is 7.67. The molecular weight excluding hydrogens is 342 g/mol. The molecule has 0 unspecified atom stereocenters. The van der Waals surface area contributed by atoms with Crippen LogP contribution in [0.2, 0.25) is 5.02 Å². The van der Waals surface area contributed by atoms with Crippen LogP contribution in [0.1, 0.15) is 10.6 Å². The molecule has 3 rings (SSSR count). The predicted molar refractivity (Wildman–Crippen MR) is 95.5 cm³/mol. The Kier molecular flexibility index (Phi) is 5.59. The van der Waals surface area contributed by atoms with Gasteiger partial charge < -0.3 is 19.2 Å². The first-order valence-corrected chi connectivity index (χ1v) is 8.04. The van der Waals surface area contributed by atoms with Gasteiger partial charge in [-0.2, -0.15) is 0 Å². The quantitative estimate of drug-likeness (QED) is 0.625. The molecule has 25 heavy (non-hydrogen) atoms. The van der Waals surface area contributed by atoms with Crippen molar-refractivity contribution in [1.29, 1.82) is 0 Å². The molecular formula is C19H16ClNO4. The number of ether oxygens (including phenoxy) is 2. The van der Waals surface area contributed by atoms with E-state index in [0.29, 0.717) is 29.7 Å². The smallest absolute Gasteiger partial charge is 0.291 e. The van der Waals surface area contributed by atoms with Crippen molar-refractivity contribution in [3.63, 3.8) is 0 Å². The molecule has 0 saturated heterocycles. The molecule has 1 N–H and O–H groups in total. The van der Waals surface area contributed by atoms with Crippen LogP contribution in [0.15, 0.2) is 71.3 Å². The zero-order chi connectivity index (χ0) is 17.5. The number of carbonyl (C=O) groups excluding carboxylic acids is 1. The molecule has 1 heterocycles. The summed E-state index contributed by atoms with van der Waals surface area (Å²) in [6.45, 7) is 0.819. The number of carbonyl (C=O) groups is 1. The maximum atomic E-state index is 11.9. The van der Waals surface area contributed by atoms with Crippen LogP contribution in [0.5, 0.6) is 11.5 Å². The normalized spacial score (nSPS) is 10.3. The summed E-state index contributed by atoms with van der Waals surface area (Å²) >= 11 is 5.81. The summed E-state index contributed by atoms with van der Waals surface area (Å²) in [5.41, 5.74) is 0.658. The minimum Gasteiger partial charge on any atom is -0.490 e. The largest absolute Gasteiger partial charge is 0.490 e. The van der Waals surface area contributed by atoms with Gasteiger partial charge in [0.25, 0.3) is 5.91 Å². The van der Waals surface area contributed by atoms with Gasteiger partial charge in [0.2, 0.25) is 0 Å². The van der Waals surface area contributed by atoms with Crippen molar-refractivity contribution in [1.82, 2.24) is 0 Å². The van der Waals surface area contributed by atoms with Gasteiger partial charge in [-0.15, -0.1) is 0 Å². The van der Waals surface area contributed by atoms with E-state index in [0.717, 1.165) is 5.75 Å². The van der Waals surface area contributed by atoms with Crippen molar-refractivity contribution in [3.8, 4) is 11.5 Å². The number of nitrogens with one attached hydrogen (secondary N) is 1. The molecule has 0 fully saturated rings. The lowest BCUT2D eigenvalue weighted by atomic mass is 10.3. The van der Waals surface area contributed by atoms with Crippen molar-refractivity contribution >= 4 is 23.2 Å². The van der Waals surface area contributed by atoms with E-state index < -0.39 is 0 Å². The van der Waals surface area contributed by atoms with Gasteiger partial charge in [0.05, 0.1) is 6.26 Å². The Balaban J connectivity index is 1.43. The SMILES string of the molecule is O=C(Nc1ccc(OCCOc2ccc(Cl)cc2)cc1)c1ccco1. The molecule has 128 valence electrons. The summed E-state index contributed by atoms with van der Waals surface area (Å²) in [5.74, 6) is 1.40. The summed E-state index contributed by atoms with van der Waals surface area (Å²) in [6, 6.07) is 17.5. The third-order valence-corrected chi connectivity index (χ3v) is 3.54. The fraction of sp³-hybridized carbons (Fsp3) is 0.105. The van der Waals surface area contributed by atoms with Crippen LogP contribution >= 0.6 is 11.6 Å². The van der Waals surface area contributed by atoms with Crippen molar-refractivity contribution in [2.24, 2.45) is 0 Å². The highest BCUT2D eigenvalue weighted by molar-refractivity contribution is 6.30. The molecule has 0 saturated carbocycles. The number of furan rings is 1. The lowest BCUT2D eigenvalue weighted by Crippen LogP contribution is -2.11. The van der Waals surface area contributed by atoms with Crippen LogP contribution in [0.3, 0.4) is 0 Å². The maximum absolute atomic E-state index is 11.9. The van der Waals surface area contributed by atoms with Gasteiger partial charge in [0.1, 0.15) is 24.7 Å². The van der Waals surface area contributed by atoms with Crippen LogP contribution in [0, 0.1) is 0 Å². The third-order valence-electron chi connectivity index (χ3n) is 3.29. The molecule has 0 spiro atoms. The summed E-state index contributed by atoms with van der Waals surface area (Å²) in [6.07, 6.45) is 1.46. The Morgan fingerprint density at radius 3 is 2.08 bits per heavy atom. The second kappa shape index (κ2) is 8.26. The zero-order valence-electron chi connectivity index (χ0n) is 13.3. The van der Waals surface area contributed by atoms with Gasteiger partial charge in [-0.1, -0.05) is 11.6 Å². The Hall–Kier alpha value is -2.92. The van der Waals surface area contributed by atoms with Gasteiger partial charge in [-0.25, -0.2) is 0 Å². The molecule has 2 aromatic carbocycles. The summed E-state index contributed by atoms with van der Waals surface area (Å²) in [7, 11) is 0.